The summed E-state index contributed by atoms with van der Waals surface area (Å²) in [4.78, 5) is 14.2. The minimum atomic E-state index is -0.801. The van der Waals surface area contributed by atoms with E-state index in [1.165, 1.54) is 10.4 Å². The van der Waals surface area contributed by atoms with E-state index < -0.39 is 11.9 Å². The van der Waals surface area contributed by atoms with E-state index in [0.717, 1.165) is 29.8 Å². The molecule has 0 aliphatic heterocycles. The molecule has 2 unspecified atom stereocenters. The van der Waals surface area contributed by atoms with Gasteiger partial charge in [0.1, 0.15) is 11.1 Å². The SMILES string of the molecule is CC1CCc2c(sc(N(C)CC(C)C(=O)O)c2C#N)C1. The van der Waals surface area contributed by atoms with Crippen LogP contribution in [0.1, 0.15) is 36.3 Å². The molecule has 108 valence electrons. The Kier molecular flexibility index (Phi) is 4.34. The molecule has 0 saturated carbocycles. The van der Waals surface area contributed by atoms with Gasteiger partial charge in [0.25, 0.3) is 0 Å². The molecular formula is C15H20N2O2S. The Bertz CT molecular complexity index is 559. The van der Waals surface area contributed by atoms with Gasteiger partial charge in [-0.05, 0) is 30.7 Å². The fraction of sp³-hybridized carbons (Fsp3) is 0.600. The highest BCUT2D eigenvalue weighted by Gasteiger charge is 2.26. The molecule has 2 rings (SSSR count). The van der Waals surface area contributed by atoms with Crippen LogP contribution in [0.25, 0.3) is 0 Å². The largest absolute Gasteiger partial charge is 0.481 e. The average molecular weight is 292 g/mol. The van der Waals surface area contributed by atoms with Crippen LogP contribution < -0.4 is 4.90 Å². The summed E-state index contributed by atoms with van der Waals surface area (Å²) in [5.74, 6) is -0.571. The van der Waals surface area contributed by atoms with Crippen molar-refractivity contribution in [2.45, 2.75) is 33.1 Å². The number of nitriles is 1. The molecule has 1 N–H and O–H groups in total. The molecule has 0 aromatic carbocycles. The first-order valence-electron chi connectivity index (χ1n) is 6.92. The van der Waals surface area contributed by atoms with Crippen molar-refractivity contribution >= 4 is 22.3 Å². The zero-order valence-electron chi connectivity index (χ0n) is 12.1. The Morgan fingerprint density at radius 1 is 1.65 bits per heavy atom. The minimum absolute atomic E-state index is 0.430. The lowest BCUT2D eigenvalue weighted by molar-refractivity contribution is -0.140. The monoisotopic (exact) mass is 292 g/mol. The molecule has 0 bridgehead atoms. The molecule has 0 spiro atoms. The van der Waals surface area contributed by atoms with Crippen molar-refractivity contribution in [3.05, 3.63) is 16.0 Å². The van der Waals surface area contributed by atoms with Crippen molar-refractivity contribution in [1.82, 2.24) is 0 Å². The summed E-state index contributed by atoms with van der Waals surface area (Å²) in [6.07, 6.45) is 3.14. The maximum atomic E-state index is 11.0. The zero-order chi connectivity index (χ0) is 14.9. The van der Waals surface area contributed by atoms with Crippen molar-refractivity contribution in [1.29, 1.82) is 5.26 Å². The third-order valence-electron chi connectivity index (χ3n) is 3.92. The fourth-order valence-corrected chi connectivity index (χ4v) is 4.12. The highest BCUT2D eigenvalue weighted by molar-refractivity contribution is 7.16. The zero-order valence-corrected chi connectivity index (χ0v) is 13.0. The Morgan fingerprint density at radius 2 is 2.35 bits per heavy atom. The van der Waals surface area contributed by atoms with Crippen LogP contribution in [0, 0.1) is 23.2 Å². The van der Waals surface area contributed by atoms with Crippen LogP contribution in [0.15, 0.2) is 0 Å². The van der Waals surface area contributed by atoms with Gasteiger partial charge < -0.3 is 10.0 Å². The number of carbonyl (C=O) groups is 1. The van der Waals surface area contributed by atoms with Gasteiger partial charge in [-0.2, -0.15) is 5.26 Å². The van der Waals surface area contributed by atoms with Crippen molar-refractivity contribution in [3.63, 3.8) is 0 Å². The van der Waals surface area contributed by atoms with Crippen LogP contribution in [0.3, 0.4) is 0 Å². The molecule has 5 heteroatoms. The lowest BCUT2D eigenvalue weighted by atomic mass is 9.88. The molecule has 1 heterocycles. The number of nitrogens with zero attached hydrogens (tertiary/aromatic N) is 2. The highest BCUT2D eigenvalue weighted by atomic mass is 32.1. The summed E-state index contributed by atoms with van der Waals surface area (Å²) in [6, 6.07) is 2.32. The standard InChI is InChI=1S/C15H20N2O2S/c1-9-4-5-11-12(7-16)14(20-13(11)6-9)17(3)8-10(2)15(18)19/h9-10H,4-6,8H2,1-3H3,(H,18,19). The van der Waals surface area contributed by atoms with Gasteiger partial charge in [-0.1, -0.05) is 13.8 Å². The van der Waals surface area contributed by atoms with E-state index in [1.54, 1.807) is 18.3 Å². The Balaban J connectivity index is 2.28. The van der Waals surface area contributed by atoms with Crippen LogP contribution in [0.2, 0.25) is 0 Å². The summed E-state index contributed by atoms with van der Waals surface area (Å²) in [5, 5.41) is 19.4. The summed E-state index contributed by atoms with van der Waals surface area (Å²) in [7, 11) is 1.88. The molecular weight excluding hydrogens is 272 g/mol. The topological polar surface area (TPSA) is 64.3 Å². The predicted octanol–water partition coefficient (Wildman–Crippen LogP) is 2.90. The molecule has 1 aromatic rings. The first-order valence-corrected chi connectivity index (χ1v) is 7.74. The lowest BCUT2D eigenvalue weighted by Gasteiger charge is -2.20. The average Bonchev–Trinajstić information content (AvgIpc) is 2.75. The van der Waals surface area contributed by atoms with Crippen LogP contribution >= 0.6 is 11.3 Å². The van der Waals surface area contributed by atoms with Gasteiger partial charge in [-0.3, -0.25) is 4.79 Å². The van der Waals surface area contributed by atoms with Gasteiger partial charge in [0.2, 0.25) is 0 Å². The molecule has 0 saturated heterocycles. The predicted molar refractivity (Wildman–Crippen MR) is 80.3 cm³/mol. The van der Waals surface area contributed by atoms with Crippen LogP contribution in [0.4, 0.5) is 5.00 Å². The van der Waals surface area contributed by atoms with E-state index in [4.69, 9.17) is 5.11 Å². The second-order valence-corrected chi connectivity index (χ2v) is 6.85. The number of carboxylic acid groups (broad SMARTS) is 1. The van der Waals surface area contributed by atoms with Gasteiger partial charge in [0.15, 0.2) is 0 Å². The van der Waals surface area contributed by atoms with E-state index in [0.29, 0.717) is 12.5 Å². The quantitative estimate of drug-likeness (QED) is 0.926. The molecule has 1 aliphatic carbocycles. The normalized spacial score (nSPS) is 19.0. The summed E-state index contributed by atoms with van der Waals surface area (Å²) in [6.45, 7) is 4.37. The van der Waals surface area contributed by atoms with E-state index in [-0.39, 0.29) is 0 Å². The van der Waals surface area contributed by atoms with Gasteiger partial charge in [-0.15, -0.1) is 11.3 Å². The number of hydrogen-bond donors (Lipinski definition) is 1. The summed E-state index contributed by atoms with van der Waals surface area (Å²) >= 11 is 1.66. The third kappa shape index (κ3) is 2.80. The molecule has 2 atom stereocenters. The van der Waals surface area contributed by atoms with Gasteiger partial charge in [0.05, 0.1) is 11.5 Å². The fourth-order valence-electron chi connectivity index (χ4n) is 2.69. The van der Waals surface area contributed by atoms with Gasteiger partial charge in [0, 0.05) is 18.5 Å². The number of rotatable bonds is 4. The second kappa shape index (κ2) is 5.84. The minimum Gasteiger partial charge on any atom is -0.481 e. The van der Waals surface area contributed by atoms with Gasteiger partial charge in [-0.25, -0.2) is 0 Å². The number of aliphatic carboxylic acids is 1. The number of fused-ring (bicyclic) bond motifs is 1. The maximum absolute atomic E-state index is 11.0. The first kappa shape index (κ1) is 14.9. The van der Waals surface area contributed by atoms with Crippen LogP contribution in [0.5, 0.6) is 0 Å². The maximum Gasteiger partial charge on any atom is 0.308 e. The van der Waals surface area contributed by atoms with Gasteiger partial charge >= 0.3 is 5.97 Å². The van der Waals surface area contributed by atoms with Crippen molar-refractivity contribution in [2.75, 3.05) is 18.5 Å². The van der Waals surface area contributed by atoms with Crippen molar-refractivity contribution in [3.8, 4) is 6.07 Å². The molecule has 1 aromatic heterocycles. The number of thiophene rings is 1. The van der Waals surface area contributed by atoms with Crippen LogP contribution in [-0.4, -0.2) is 24.7 Å². The Morgan fingerprint density at radius 3 is 2.95 bits per heavy atom. The smallest absolute Gasteiger partial charge is 0.308 e. The second-order valence-electron chi connectivity index (χ2n) is 5.76. The van der Waals surface area contributed by atoms with Crippen molar-refractivity contribution in [2.24, 2.45) is 11.8 Å². The highest BCUT2D eigenvalue weighted by Crippen LogP contribution is 2.40. The van der Waals surface area contributed by atoms with Crippen molar-refractivity contribution < 1.29 is 9.90 Å². The lowest BCUT2D eigenvalue weighted by Crippen LogP contribution is -2.28. The molecule has 4 nitrogen and oxygen atoms in total. The molecule has 20 heavy (non-hydrogen) atoms. The third-order valence-corrected chi connectivity index (χ3v) is 5.29. The Labute approximate surface area is 123 Å². The number of hydrogen-bond acceptors (Lipinski definition) is 4. The van der Waals surface area contributed by atoms with Crippen LogP contribution in [-0.2, 0) is 17.6 Å². The van der Waals surface area contributed by atoms with E-state index in [9.17, 15) is 10.1 Å². The molecule has 0 radical (unpaired) electrons. The van der Waals surface area contributed by atoms with E-state index in [1.807, 2.05) is 11.9 Å². The molecule has 0 amide bonds. The number of carboxylic acids is 1. The summed E-state index contributed by atoms with van der Waals surface area (Å²) < 4.78 is 0. The Hall–Kier alpha value is -1.54. The summed E-state index contributed by atoms with van der Waals surface area (Å²) in [5.41, 5.74) is 1.96. The first-order chi connectivity index (χ1) is 9.43. The number of anilines is 1. The van der Waals surface area contributed by atoms with E-state index >= 15 is 0 Å². The molecule has 0 fully saturated rings. The molecule has 1 aliphatic rings. The van der Waals surface area contributed by atoms with E-state index in [2.05, 4.69) is 13.0 Å².